The Hall–Kier alpha value is -0.320. The molecule has 1 nitrogen and oxygen atoms in total. The molecule has 0 spiro atoms. The van der Waals surface area contributed by atoms with Crippen LogP contribution < -0.4 is 4.74 Å². The zero-order chi connectivity index (χ0) is 12.4. The number of benzene rings is 1. The number of halogens is 6. The summed E-state index contributed by atoms with van der Waals surface area (Å²) in [5.74, 6) is -0.360. The summed E-state index contributed by atoms with van der Waals surface area (Å²) >= 11 is 16.5. The van der Waals surface area contributed by atoms with Crippen molar-refractivity contribution in [3.8, 4) is 5.75 Å². The predicted molar refractivity (Wildman–Crippen MR) is 57.1 cm³/mol. The Kier molecular flexibility index (Phi) is 4.21. The molecule has 0 N–H and O–H groups in total. The van der Waals surface area contributed by atoms with Crippen molar-refractivity contribution in [2.75, 3.05) is 0 Å². The summed E-state index contributed by atoms with van der Waals surface area (Å²) in [5, 5.41) is 0. The number of rotatable bonds is 2. The molecule has 90 valence electrons. The Morgan fingerprint density at radius 3 is 2.12 bits per heavy atom. The van der Waals surface area contributed by atoms with Gasteiger partial charge in [0.2, 0.25) is 0 Å². The maximum atomic E-state index is 12.0. The van der Waals surface area contributed by atoms with E-state index in [1.54, 1.807) is 0 Å². The molecular weight excluding hydrogens is 287 g/mol. The van der Waals surface area contributed by atoms with E-state index in [-0.39, 0.29) is 17.7 Å². The molecule has 0 saturated carbocycles. The summed E-state index contributed by atoms with van der Waals surface area (Å²) in [5.41, 5.74) is 0.180. The minimum Gasteiger partial charge on any atom is -0.406 e. The van der Waals surface area contributed by atoms with Crippen LogP contribution in [0.4, 0.5) is 13.2 Å². The van der Waals surface area contributed by atoms with Crippen molar-refractivity contribution in [2.45, 2.75) is 16.6 Å². The number of ether oxygens (including phenoxy) is 1. The molecule has 16 heavy (non-hydrogen) atoms. The minimum absolute atomic E-state index is 0.163. The third-order valence-electron chi connectivity index (χ3n) is 1.59. The second-order valence-corrected chi connectivity index (χ2v) is 5.46. The predicted octanol–water partition coefficient (Wildman–Crippen LogP) is 4.50. The first-order valence-corrected chi connectivity index (χ1v) is 5.21. The van der Waals surface area contributed by atoms with E-state index in [2.05, 4.69) is 4.74 Å². The molecule has 7 heteroatoms. The van der Waals surface area contributed by atoms with Gasteiger partial charge in [0, 0.05) is 6.42 Å². The van der Waals surface area contributed by atoms with Crippen LogP contribution >= 0.6 is 34.8 Å². The number of hydrogen-bond acceptors (Lipinski definition) is 1. The van der Waals surface area contributed by atoms with Gasteiger partial charge in [-0.2, -0.15) is 0 Å². The zero-order valence-corrected chi connectivity index (χ0v) is 9.96. The van der Waals surface area contributed by atoms with Crippen molar-refractivity contribution in [1.29, 1.82) is 0 Å². The van der Waals surface area contributed by atoms with Crippen LogP contribution in [-0.2, 0) is 6.42 Å². The molecule has 0 saturated heterocycles. The normalized spacial score (nSPS) is 12.6. The zero-order valence-electron chi connectivity index (χ0n) is 7.69. The number of para-hydroxylation sites is 1. The second kappa shape index (κ2) is 4.90. The lowest BCUT2D eigenvalue weighted by Crippen LogP contribution is -2.19. The molecule has 0 unspecified atom stereocenters. The molecule has 0 fully saturated rings. The first kappa shape index (κ1) is 13.7. The molecule has 0 amide bonds. The van der Waals surface area contributed by atoms with Gasteiger partial charge in [0.05, 0.1) is 0 Å². The van der Waals surface area contributed by atoms with Crippen molar-refractivity contribution < 1.29 is 17.9 Å². The van der Waals surface area contributed by atoms with E-state index in [0.717, 1.165) is 0 Å². The van der Waals surface area contributed by atoms with Crippen molar-refractivity contribution >= 4 is 34.8 Å². The Labute approximate surface area is 105 Å². The van der Waals surface area contributed by atoms with E-state index in [4.69, 9.17) is 34.8 Å². The highest BCUT2D eigenvalue weighted by molar-refractivity contribution is 6.67. The van der Waals surface area contributed by atoms with Crippen LogP contribution in [0.2, 0.25) is 0 Å². The van der Waals surface area contributed by atoms with Gasteiger partial charge in [-0.3, -0.25) is 0 Å². The largest absolute Gasteiger partial charge is 0.573 e. The fraction of sp³-hybridized carbons (Fsp3) is 0.333. The van der Waals surface area contributed by atoms with Crippen LogP contribution in [0.15, 0.2) is 24.3 Å². The number of hydrogen-bond donors (Lipinski definition) is 0. The molecule has 0 atom stereocenters. The molecule has 0 radical (unpaired) electrons. The highest BCUT2D eigenvalue weighted by atomic mass is 35.6. The third kappa shape index (κ3) is 5.14. The van der Waals surface area contributed by atoms with Crippen molar-refractivity contribution in [3.63, 3.8) is 0 Å². The average molecular weight is 293 g/mol. The van der Waals surface area contributed by atoms with Crippen LogP contribution in [0.1, 0.15) is 5.56 Å². The maximum absolute atomic E-state index is 12.0. The number of alkyl halides is 6. The van der Waals surface area contributed by atoms with E-state index >= 15 is 0 Å². The summed E-state index contributed by atoms with van der Waals surface area (Å²) in [6, 6.07) is 5.51. The standard InChI is InChI=1S/C9H6Cl3F3O/c10-8(11,12)5-6-3-1-2-4-7(6)16-9(13,14)15/h1-4H,5H2. The van der Waals surface area contributed by atoms with Gasteiger partial charge < -0.3 is 4.74 Å². The van der Waals surface area contributed by atoms with E-state index in [9.17, 15) is 13.2 Å². The van der Waals surface area contributed by atoms with Crippen LogP contribution in [0.25, 0.3) is 0 Å². The minimum atomic E-state index is -4.76. The lowest BCUT2D eigenvalue weighted by atomic mass is 10.1. The van der Waals surface area contributed by atoms with Crippen LogP contribution in [0.3, 0.4) is 0 Å². The van der Waals surface area contributed by atoms with Gasteiger partial charge in [0.1, 0.15) is 5.75 Å². The summed E-state index contributed by atoms with van der Waals surface area (Å²) in [6.07, 6.45) is -4.92. The molecule has 0 aliphatic carbocycles. The van der Waals surface area contributed by atoms with Crippen molar-refractivity contribution in [1.82, 2.24) is 0 Å². The fourth-order valence-corrected chi connectivity index (χ4v) is 1.52. The molecule has 0 aliphatic rings. The van der Waals surface area contributed by atoms with E-state index in [1.165, 1.54) is 24.3 Å². The Bertz CT molecular complexity index is 325. The first-order chi connectivity index (χ1) is 7.17. The smallest absolute Gasteiger partial charge is 0.406 e. The third-order valence-corrected chi connectivity index (χ3v) is 1.99. The lowest BCUT2D eigenvalue weighted by Gasteiger charge is -2.16. The average Bonchev–Trinajstić information content (AvgIpc) is 2.03. The molecule has 0 aliphatic heterocycles. The molecule has 0 aromatic heterocycles. The molecule has 0 heterocycles. The van der Waals surface area contributed by atoms with Gasteiger partial charge in [0.15, 0.2) is 3.79 Å². The maximum Gasteiger partial charge on any atom is 0.573 e. The molecule has 0 bridgehead atoms. The van der Waals surface area contributed by atoms with Gasteiger partial charge >= 0.3 is 6.36 Å². The molecular formula is C9H6Cl3F3O. The van der Waals surface area contributed by atoms with Crippen LogP contribution in [-0.4, -0.2) is 10.2 Å². The summed E-state index contributed by atoms with van der Waals surface area (Å²) in [6.45, 7) is 0. The Morgan fingerprint density at radius 2 is 1.62 bits per heavy atom. The Morgan fingerprint density at radius 1 is 1.06 bits per heavy atom. The van der Waals surface area contributed by atoms with Crippen LogP contribution in [0.5, 0.6) is 5.75 Å². The van der Waals surface area contributed by atoms with Crippen molar-refractivity contribution in [3.05, 3.63) is 29.8 Å². The van der Waals surface area contributed by atoms with Gasteiger partial charge in [0.25, 0.3) is 0 Å². The first-order valence-electron chi connectivity index (χ1n) is 4.08. The molecule has 1 rings (SSSR count). The topological polar surface area (TPSA) is 9.23 Å². The SMILES string of the molecule is FC(F)(F)Oc1ccccc1CC(Cl)(Cl)Cl. The second-order valence-electron chi connectivity index (χ2n) is 2.95. The summed E-state index contributed by atoms with van der Waals surface area (Å²) < 4.78 is 38.2. The highest BCUT2D eigenvalue weighted by Gasteiger charge is 2.33. The van der Waals surface area contributed by atoms with Gasteiger partial charge in [-0.1, -0.05) is 53.0 Å². The Balaban J connectivity index is 2.92. The van der Waals surface area contributed by atoms with Gasteiger partial charge in [-0.25, -0.2) is 0 Å². The highest BCUT2D eigenvalue weighted by Crippen LogP contribution is 2.35. The van der Waals surface area contributed by atoms with Gasteiger partial charge in [-0.05, 0) is 11.6 Å². The van der Waals surface area contributed by atoms with E-state index in [0.29, 0.717) is 0 Å². The fourth-order valence-electron chi connectivity index (χ4n) is 1.09. The van der Waals surface area contributed by atoms with E-state index in [1.807, 2.05) is 0 Å². The quantitative estimate of drug-likeness (QED) is 0.730. The summed E-state index contributed by atoms with van der Waals surface area (Å²) in [7, 11) is 0. The van der Waals surface area contributed by atoms with Crippen LogP contribution in [0, 0.1) is 0 Å². The van der Waals surface area contributed by atoms with Crippen molar-refractivity contribution in [2.24, 2.45) is 0 Å². The van der Waals surface area contributed by atoms with E-state index < -0.39 is 10.2 Å². The molecule has 1 aromatic carbocycles. The lowest BCUT2D eigenvalue weighted by molar-refractivity contribution is -0.274. The monoisotopic (exact) mass is 292 g/mol. The molecule has 1 aromatic rings. The van der Waals surface area contributed by atoms with Gasteiger partial charge in [-0.15, -0.1) is 13.2 Å². The summed E-state index contributed by atoms with van der Waals surface area (Å²) in [4.78, 5) is 0.